The third-order valence-electron chi connectivity index (χ3n) is 2.83. The molecule has 1 N–H and O–H groups in total. The van der Waals surface area contributed by atoms with E-state index in [2.05, 4.69) is 21.2 Å². The van der Waals surface area contributed by atoms with E-state index in [4.69, 9.17) is 4.74 Å². The van der Waals surface area contributed by atoms with Crippen molar-refractivity contribution in [2.75, 3.05) is 20.3 Å². The Labute approximate surface area is 100 Å². The number of nitrogens with one attached hydrogen (secondary N) is 1. The van der Waals surface area contributed by atoms with Gasteiger partial charge >= 0.3 is 0 Å². The molecule has 1 atom stereocenters. The van der Waals surface area contributed by atoms with Gasteiger partial charge in [0.2, 0.25) is 5.91 Å². The predicted molar refractivity (Wildman–Crippen MR) is 64.2 cm³/mol. The third kappa shape index (κ3) is 5.52. The number of carbonyl (C=O) groups is 1. The number of carbonyl (C=O) groups excluding carboxylic acids is 1. The molecular formula is C11H20BrNO2. The SMILES string of the molecule is COCC(Br)CCNC(=O)CC1CCC1. The van der Waals surface area contributed by atoms with Crippen LogP contribution in [0.5, 0.6) is 0 Å². The summed E-state index contributed by atoms with van der Waals surface area (Å²) in [5, 5.41) is 2.95. The zero-order valence-corrected chi connectivity index (χ0v) is 10.9. The van der Waals surface area contributed by atoms with E-state index in [9.17, 15) is 4.79 Å². The van der Waals surface area contributed by atoms with Crippen molar-refractivity contribution >= 4 is 21.8 Å². The molecular weight excluding hydrogens is 258 g/mol. The fourth-order valence-corrected chi connectivity index (χ4v) is 2.16. The first-order valence-corrected chi connectivity index (χ1v) is 6.53. The van der Waals surface area contributed by atoms with Crippen LogP contribution in [0.4, 0.5) is 0 Å². The Morgan fingerprint density at radius 3 is 2.87 bits per heavy atom. The van der Waals surface area contributed by atoms with Gasteiger partial charge < -0.3 is 10.1 Å². The molecule has 88 valence electrons. The zero-order valence-electron chi connectivity index (χ0n) is 9.30. The molecule has 0 saturated heterocycles. The number of hydrogen-bond donors (Lipinski definition) is 1. The van der Waals surface area contributed by atoms with Gasteiger partial charge in [0.05, 0.1) is 6.61 Å². The number of rotatable bonds is 7. The number of methoxy groups -OCH3 is 1. The summed E-state index contributed by atoms with van der Waals surface area (Å²) in [6.45, 7) is 1.43. The van der Waals surface area contributed by atoms with Crippen molar-refractivity contribution in [2.45, 2.75) is 36.9 Å². The molecule has 3 nitrogen and oxygen atoms in total. The van der Waals surface area contributed by atoms with Crippen LogP contribution >= 0.6 is 15.9 Å². The fraction of sp³-hybridized carbons (Fsp3) is 0.909. The Hall–Kier alpha value is -0.0900. The molecule has 1 aliphatic carbocycles. The van der Waals surface area contributed by atoms with Crippen molar-refractivity contribution in [1.82, 2.24) is 5.32 Å². The average molecular weight is 278 g/mol. The minimum atomic E-state index is 0.205. The van der Waals surface area contributed by atoms with Crippen molar-refractivity contribution in [1.29, 1.82) is 0 Å². The van der Waals surface area contributed by atoms with E-state index in [1.54, 1.807) is 7.11 Å². The molecule has 0 aromatic heterocycles. The van der Waals surface area contributed by atoms with Crippen molar-refractivity contribution in [3.05, 3.63) is 0 Å². The topological polar surface area (TPSA) is 38.3 Å². The van der Waals surface area contributed by atoms with Gasteiger partial charge in [0.15, 0.2) is 0 Å². The second-order valence-corrected chi connectivity index (χ2v) is 5.49. The summed E-state index contributed by atoms with van der Waals surface area (Å²) in [5.41, 5.74) is 0. The van der Waals surface area contributed by atoms with Crippen LogP contribution in [0.1, 0.15) is 32.1 Å². The number of alkyl halides is 1. The lowest BCUT2D eigenvalue weighted by atomic mass is 9.83. The first-order chi connectivity index (χ1) is 7.22. The van der Waals surface area contributed by atoms with Crippen LogP contribution in [0.3, 0.4) is 0 Å². The first-order valence-electron chi connectivity index (χ1n) is 5.62. The number of amides is 1. The van der Waals surface area contributed by atoms with Crippen molar-refractivity contribution < 1.29 is 9.53 Å². The van der Waals surface area contributed by atoms with Gasteiger partial charge in [-0.25, -0.2) is 0 Å². The predicted octanol–water partition coefficient (Wildman–Crippen LogP) is 2.09. The second kappa shape index (κ2) is 7.23. The van der Waals surface area contributed by atoms with Gasteiger partial charge in [-0.2, -0.15) is 0 Å². The zero-order chi connectivity index (χ0) is 11.1. The normalized spacial score (nSPS) is 18.3. The Morgan fingerprint density at radius 2 is 2.33 bits per heavy atom. The van der Waals surface area contributed by atoms with E-state index in [0.717, 1.165) is 19.4 Å². The van der Waals surface area contributed by atoms with Crippen LogP contribution in [0, 0.1) is 5.92 Å². The lowest BCUT2D eigenvalue weighted by Crippen LogP contribution is -2.30. The number of ether oxygens (including phenoxy) is 1. The molecule has 1 saturated carbocycles. The maximum atomic E-state index is 11.4. The van der Waals surface area contributed by atoms with Crippen LogP contribution in [0.2, 0.25) is 0 Å². The highest BCUT2D eigenvalue weighted by atomic mass is 79.9. The second-order valence-electron chi connectivity index (χ2n) is 4.19. The van der Waals surface area contributed by atoms with Crippen molar-refractivity contribution in [2.24, 2.45) is 5.92 Å². The molecule has 0 aromatic rings. The van der Waals surface area contributed by atoms with Crippen LogP contribution in [0.15, 0.2) is 0 Å². The summed E-state index contributed by atoms with van der Waals surface area (Å²) in [6.07, 6.45) is 5.41. The molecule has 1 aliphatic rings. The number of halogens is 1. The molecule has 0 spiro atoms. The molecule has 0 aromatic carbocycles. The van der Waals surface area contributed by atoms with E-state index in [1.807, 2.05) is 0 Å². The molecule has 1 rings (SSSR count). The molecule has 1 unspecified atom stereocenters. The van der Waals surface area contributed by atoms with Crippen LogP contribution in [-0.4, -0.2) is 31.0 Å². The average Bonchev–Trinajstić information content (AvgIpc) is 2.12. The Balaban J connectivity index is 1.96. The van der Waals surface area contributed by atoms with Crippen molar-refractivity contribution in [3.63, 3.8) is 0 Å². The van der Waals surface area contributed by atoms with E-state index >= 15 is 0 Å². The lowest BCUT2D eigenvalue weighted by Gasteiger charge is -2.24. The van der Waals surface area contributed by atoms with Crippen molar-refractivity contribution in [3.8, 4) is 0 Å². The standard InChI is InChI=1S/C11H20BrNO2/c1-15-8-10(12)5-6-13-11(14)7-9-3-2-4-9/h9-10H,2-8H2,1H3,(H,13,14). The summed E-state index contributed by atoms with van der Waals surface area (Å²) in [6, 6.07) is 0. The molecule has 1 fully saturated rings. The summed E-state index contributed by atoms with van der Waals surface area (Å²) < 4.78 is 4.99. The maximum absolute atomic E-state index is 11.4. The summed E-state index contributed by atoms with van der Waals surface area (Å²) in [5.74, 6) is 0.862. The van der Waals surface area contributed by atoms with Gasteiger partial charge in [-0.3, -0.25) is 4.79 Å². The van der Waals surface area contributed by atoms with E-state index in [1.165, 1.54) is 19.3 Å². The lowest BCUT2D eigenvalue weighted by molar-refractivity contribution is -0.122. The summed E-state index contributed by atoms with van der Waals surface area (Å²) >= 11 is 3.49. The molecule has 15 heavy (non-hydrogen) atoms. The van der Waals surface area contributed by atoms with Gasteiger partial charge in [0.1, 0.15) is 0 Å². The monoisotopic (exact) mass is 277 g/mol. The highest BCUT2D eigenvalue weighted by Gasteiger charge is 2.20. The van der Waals surface area contributed by atoms with Gasteiger partial charge in [-0.05, 0) is 25.2 Å². The van der Waals surface area contributed by atoms with Gasteiger partial charge in [-0.15, -0.1) is 0 Å². The fourth-order valence-electron chi connectivity index (χ4n) is 1.66. The minimum Gasteiger partial charge on any atom is -0.384 e. The molecule has 1 amide bonds. The van der Waals surface area contributed by atoms with Crippen LogP contribution < -0.4 is 5.32 Å². The van der Waals surface area contributed by atoms with E-state index < -0.39 is 0 Å². The van der Waals surface area contributed by atoms with Gasteiger partial charge in [-0.1, -0.05) is 22.4 Å². The van der Waals surface area contributed by atoms with Crippen LogP contribution in [-0.2, 0) is 9.53 Å². The van der Waals surface area contributed by atoms with Gasteiger partial charge in [0, 0.05) is 24.9 Å². The van der Waals surface area contributed by atoms with Gasteiger partial charge in [0.25, 0.3) is 0 Å². The Kier molecular flexibility index (Phi) is 6.25. The van der Waals surface area contributed by atoms with E-state index in [0.29, 0.717) is 17.4 Å². The summed E-state index contributed by atoms with van der Waals surface area (Å²) in [7, 11) is 1.68. The Morgan fingerprint density at radius 1 is 1.60 bits per heavy atom. The Bertz CT molecular complexity index is 195. The highest BCUT2D eigenvalue weighted by Crippen LogP contribution is 2.28. The molecule has 0 bridgehead atoms. The molecule has 0 heterocycles. The maximum Gasteiger partial charge on any atom is 0.220 e. The first kappa shape index (κ1) is 13.0. The largest absolute Gasteiger partial charge is 0.384 e. The number of hydrogen-bond acceptors (Lipinski definition) is 2. The molecule has 0 aliphatic heterocycles. The minimum absolute atomic E-state index is 0.205. The molecule has 4 heteroatoms. The van der Waals surface area contributed by atoms with Crippen LogP contribution in [0.25, 0.3) is 0 Å². The smallest absolute Gasteiger partial charge is 0.220 e. The quantitative estimate of drug-likeness (QED) is 0.724. The third-order valence-corrected chi connectivity index (χ3v) is 3.55. The van der Waals surface area contributed by atoms with E-state index in [-0.39, 0.29) is 5.91 Å². The molecule has 0 radical (unpaired) electrons. The summed E-state index contributed by atoms with van der Waals surface area (Å²) in [4.78, 5) is 11.8. The highest BCUT2D eigenvalue weighted by molar-refractivity contribution is 9.09.